The van der Waals surface area contributed by atoms with E-state index in [9.17, 15) is 9.90 Å². The van der Waals surface area contributed by atoms with Gasteiger partial charge in [-0.2, -0.15) is 0 Å². The Kier molecular flexibility index (Phi) is 2.34. The van der Waals surface area contributed by atoms with Crippen molar-refractivity contribution in [1.29, 1.82) is 0 Å². The number of aromatic carboxylic acids is 1. The number of benzene rings is 2. The Morgan fingerprint density at radius 1 is 1.06 bits per heavy atom. The second kappa shape index (κ2) is 4.00. The summed E-state index contributed by atoms with van der Waals surface area (Å²) in [5, 5.41) is 11.1. The van der Waals surface area contributed by atoms with Gasteiger partial charge in [-0.25, -0.2) is 4.98 Å². The average molecular weight is 237 g/mol. The van der Waals surface area contributed by atoms with Gasteiger partial charge >= 0.3 is 0 Å². The summed E-state index contributed by atoms with van der Waals surface area (Å²) >= 11 is 0. The van der Waals surface area contributed by atoms with Crippen molar-refractivity contribution in [3.8, 4) is 11.4 Å². The number of aromatic amines is 1. The van der Waals surface area contributed by atoms with E-state index in [0.717, 1.165) is 11.0 Å². The molecule has 0 atom stereocenters. The number of para-hydroxylation sites is 2. The van der Waals surface area contributed by atoms with Crippen LogP contribution in [-0.2, 0) is 0 Å². The van der Waals surface area contributed by atoms with Crippen molar-refractivity contribution in [1.82, 2.24) is 9.97 Å². The van der Waals surface area contributed by atoms with Gasteiger partial charge in [0.05, 0.1) is 17.0 Å². The van der Waals surface area contributed by atoms with Gasteiger partial charge < -0.3 is 14.9 Å². The minimum atomic E-state index is -1.20. The topological polar surface area (TPSA) is 68.8 Å². The molecule has 1 N–H and O–H groups in total. The Morgan fingerprint density at radius 2 is 1.78 bits per heavy atom. The van der Waals surface area contributed by atoms with E-state index in [2.05, 4.69) is 9.97 Å². The minimum Gasteiger partial charge on any atom is -0.545 e. The zero-order chi connectivity index (χ0) is 12.5. The lowest BCUT2D eigenvalue weighted by Crippen LogP contribution is -2.23. The first-order valence-corrected chi connectivity index (χ1v) is 5.51. The average Bonchev–Trinajstić information content (AvgIpc) is 2.82. The highest BCUT2D eigenvalue weighted by atomic mass is 16.4. The lowest BCUT2D eigenvalue weighted by Gasteiger charge is -2.07. The van der Waals surface area contributed by atoms with Crippen molar-refractivity contribution in [2.24, 2.45) is 0 Å². The molecule has 0 saturated heterocycles. The number of carbonyl (C=O) groups excluding carboxylic acids is 1. The van der Waals surface area contributed by atoms with Crippen molar-refractivity contribution in [3.05, 3.63) is 54.1 Å². The molecule has 18 heavy (non-hydrogen) atoms. The Morgan fingerprint density at radius 3 is 2.56 bits per heavy atom. The van der Waals surface area contributed by atoms with E-state index in [1.54, 1.807) is 18.2 Å². The fraction of sp³-hybridized carbons (Fsp3) is 0. The molecule has 4 heteroatoms. The molecule has 0 radical (unpaired) electrons. The molecule has 88 valence electrons. The maximum atomic E-state index is 11.1. The maximum absolute atomic E-state index is 11.1. The molecular formula is C14H9N2O2-. The quantitative estimate of drug-likeness (QED) is 0.735. The van der Waals surface area contributed by atoms with Crippen LogP contribution in [0.2, 0.25) is 0 Å². The molecule has 0 saturated carbocycles. The van der Waals surface area contributed by atoms with Gasteiger partial charge in [-0.1, -0.05) is 36.4 Å². The van der Waals surface area contributed by atoms with Gasteiger partial charge in [0, 0.05) is 11.1 Å². The van der Waals surface area contributed by atoms with Crippen LogP contribution < -0.4 is 5.11 Å². The molecule has 0 spiro atoms. The Labute approximate surface area is 103 Å². The molecule has 3 aromatic rings. The molecule has 0 aliphatic carbocycles. The van der Waals surface area contributed by atoms with E-state index < -0.39 is 5.97 Å². The smallest absolute Gasteiger partial charge is 0.139 e. The molecule has 0 unspecified atom stereocenters. The predicted octanol–water partition coefficient (Wildman–Crippen LogP) is 1.59. The van der Waals surface area contributed by atoms with Crippen LogP contribution in [0.1, 0.15) is 10.4 Å². The standard InChI is InChI=1S/C14H10N2O2/c17-14(18)10-6-2-1-5-9(10)13-15-11-7-3-4-8-12(11)16-13/h1-8H,(H,15,16)(H,17,18)/p-1. The van der Waals surface area contributed by atoms with Crippen LogP contribution in [0.15, 0.2) is 48.5 Å². The predicted molar refractivity (Wildman–Crippen MR) is 65.9 cm³/mol. The lowest BCUT2D eigenvalue weighted by atomic mass is 10.1. The summed E-state index contributed by atoms with van der Waals surface area (Å²) in [6.45, 7) is 0. The third-order valence-electron chi connectivity index (χ3n) is 2.79. The number of carbonyl (C=O) groups is 1. The number of nitrogens with zero attached hydrogens (tertiary/aromatic N) is 1. The highest BCUT2D eigenvalue weighted by Crippen LogP contribution is 2.23. The molecule has 0 aliphatic rings. The summed E-state index contributed by atoms with van der Waals surface area (Å²) in [6.07, 6.45) is 0. The van der Waals surface area contributed by atoms with Crippen molar-refractivity contribution < 1.29 is 9.90 Å². The minimum absolute atomic E-state index is 0.136. The van der Waals surface area contributed by atoms with Gasteiger partial charge in [-0.15, -0.1) is 0 Å². The lowest BCUT2D eigenvalue weighted by molar-refractivity contribution is -0.254. The number of carboxylic acid groups (broad SMARTS) is 1. The molecule has 0 fully saturated rings. The monoisotopic (exact) mass is 237 g/mol. The van der Waals surface area contributed by atoms with Gasteiger partial charge in [0.2, 0.25) is 0 Å². The summed E-state index contributed by atoms with van der Waals surface area (Å²) in [7, 11) is 0. The number of hydrogen-bond donors (Lipinski definition) is 1. The number of nitrogens with one attached hydrogen (secondary N) is 1. The summed E-state index contributed by atoms with van der Waals surface area (Å²) in [6, 6.07) is 14.2. The molecule has 2 aromatic carbocycles. The number of fused-ring (bicyclic) bond motifs is 1. The first-order valence-electron chi connectivity index (χ1n) is 5.51. The van der Waals surface area contributed by atoms with E-state index in [0.29, 0.717) is 11.4 Å². The molecular weight excluding hydrogens is 228 g/mol. The number of aromatic nitrogens is 2. The second-order valence-electron chi connectivity index (χ2n) is 3.94. The number of imidazole rings is 1. The third-order valence-corrected chi connectivity index (χ3v) is 2.79. The highest BCUT2D eigenvalue weighted by molar-refractivity contribution is 5.94. The molecule has 1 aromatic heterocycles. The van der Waals surface area contributed by atoms with Crippen molar-refractivity contribution >= 4 is 17.0 Å². The van der Waals surface area contributed by atoms with E-state index >= 15 is 0 Å². The second-order valence-corrected chi connectivity index (χ2v) is 3.94. The number of carboxylic acids is 1. The van der Waals surface area contributed by atoms with Crippen molar-refractivity contribution in [2.75, 3.05) is 0 Å². The summed E-state index contributed by atoms with van der Waals surface area (Å²) < 4.78 is 0. The van der Waals surface area contributed by atoms with Gasteiger partial charge in [-0.05, 0) is 12.1 Å². The largest absolute Gasteiger partial charge is 0.545 e. The zero-order valence-corrected chi connectivity index (χ0v) is 9.38. The van der Waals surface area contributed by atoms with Crippen LogP contribution in [0.3, 0.4) is 0 Å². The highest BCUT2D eigenvalue weighted by Gasteiger charge is 2.09. The van der Waals surface area contributed by atoms with Crippen molar-refractivity contribution in [2.45, 2.75) is 0 Å². The van der Waals surface area contributed by atoms with Crippen molar-refractivity contribution in [3.63, 3.8) is 0 Å². The summed E-state index contributed by atoms with van der Waals surface area (Å²) in [4.78, 5) is 18.5. The van der Waals surface area contributed by atoms with Crippen LogP contribution in [0.5, 0.6) is 0 Å². The van der Waals surface area contributed by atoms with E-state index in [1.807, 2.05) is 24.3 Å². The third kappa shape index (κ3) is 1.64. The van der Waals surface area contributed by atoms with Crippen LogP contribution in [0.4, 0.5) is 0 Å². The number of rotatable bonds is 2. The molecule has 3 rings (SSSR count). The van der Waals surface area contributed by atoms with Gasteiger partial charge in [0.1, 0.15) is 5.82 Å². The van der Waals surface area contributed by atoms with Crippen LogP contribution in [0, 0.1) is 0 Å². The van der Waals surface area contributed by atoms with E-state index in [-0.39, 0.29) is 5.56 Å². The molecule has 4 nitrogen and oxygen atoms in total. The van der Waals surface area contributed by atoms with E-state index in [1.165, 1.54) is 6.07 Å². The zero-order valence-electron chi connectivity index (χ0n) is 9.38. The summed E-state index contributed by atoms with van der Waals surface area (Å²) in [5.41, 5.74) is 2.35. The Bertz CT molecular complexity index is 698. The molecule has 0 bridgehead atoms. The molecule has 0 amide bonds. The van der Waals surface area contributed by atoms with Gasteiger partial charge in [0.25, 0.3) is 0 Å². The Hall–Kier alpha value is -2.62. The van der Waals surface area contributed by atoms with Crippen LogP contribution in [0.25, 0.3) is 22.4 Å². The fourth-order valence-electron chi connectivity index (χ4n) is 1.95. The number of H-pyrrole nitrogens is 1. The molecule has 1 heterocycles. The normalized spacial score (nSPS) is 10.7. The number of hydrogen-bond acceptors (Lipinski definition) is 3. The summed E-state index contributed by atoms with van der Waals surface area (Å²) in [5.74, 6) is -0.665. The fourth-order valence-corrected chi connectivity index (χ4v) is 1.95. The van der Waals surface area contributed by atoms with Crippen LogP contribution >= 0.6 is 0 Å². The first kappa shape index (κ1) is 10.5. The van der Waals surface area contributed by atoms with E-state index in [4.69, 9.17) is 0 Å². The van der Waals surface area contributed by atoms with Gasteiger partial charge in [-0.3, -0.25) is 0 Å². The maximum Gasteiger partial charge on any atom is 0.139 e. The van der Waals surface area contributed by atoms with Crippen LogP contribution in [-0.4, -0.2) is 15.9 Å². The van der Waals surface area contributed by atoms with Gasteiger partial charge in [0.15, 0.2) is 0 Å². The Balaban J connectivity index is 2.23. The SMILES string of the molecule is O=C([O-])c1ccccc1-c1nc2ccccc2[nH]1. The first-order chi connectivity index (χ1) is 8.75. The molecule has 0 aliphatic heterocycles.